The second-order valence-electron chi connectivity index (χ2n) is 10.8. The van der Waals surface area contributed by atoms with E-state index in [0.717, 1.165) is 43.9 Å². The van der Waals surface area contributed by atoms with Crippen molar-refractivity contribution in [2.45, 2.75) is 92.1 Å². The van der Waals surface area contributed by atoms with Gasteiger partial charge in [0, 0.05) is 19.3 Å². The van der Waals surface area contributed by atoms with E-state index in [1.54, 1.807) is 5.57 Å². The molecule has 0 radical (unpaired) electrons. The molecule has 4 aliphatic carbocycles. The van der Waals surface area contributed by atoms with Gasteiger partial charge in [-0.1, -0.05) is 38.8 Å². The molecule has 0 bridgehead atoms. The van der Waals surface area contributed by atoms with E-state index in [1.165, 1.54) is 26.2 Å². The number of ketones is 1. The fourth-order valence-electron chi connectivity index (χ4n) is 8.34. The van der Waals surface area contributed by atoms with Crippen LogP contribution in [0.5, 0.6) is 0 Å². The number of carbonyl (C=O) groups is 2. The maximum absolute atomic E-state index is 12.6. The number of Topliss-reactive ketones (excluding diaryl/α,β-unsaturated/α-hetero) is 1. The van der Waals surface area contributed by atoms with Crippen LogP contribution in [0.4, 0.5) is 0 Å². The van der Waals surface area contributed by atoms with Gasteiger partial charge in [0.2, 0.25) is 0 Å². The highest BCUT2D eigenvalue weighted by molar-refractivity contribution is 5.80. The molecule has 3 nitrogen and oxygen atoms in total. The van der Waals surface area contributed by atoms with Crippen LogP contribution in [0.3, 0.4) is 0 Å². The lowest BCUT2D eigenvalue weighted by atomic mass is 9.47. The zero-order valence-corrected chi connectivity index (χ0v) is 18.4. The third-order valence-corrected chi connectivity index (χ3v) is 9.53. The first-order valence-corrected chi connectivity index (χ1v) is 11.6. The maximum atomic E-state index is 12.6. The molecule has 0 aromatic heterocycles. The highest BCUT2D eigenvalue weighted by Crippen LogP contribution is 2.67. The van der Waals surface area contributed by atoms with Crippen LogP contribution in [0.25, 0.3) is 0 Å². The van der Waals surface area contributed by atoms with E-state index in [2.05, 4.69) is 26.8 Å². The van der Waals surface area contributed by atoms with Crippen LogP contribution >= 0.6 is 0 Å². The van der Waals surface area contributed by atoms with Crippen molar-refractivity contribution in [3.63, 3.8) is 0 Å². The minimum atomic E-state index is -0.150. The second kappa shape index (κ2) is 6.99. The highest BCUT2D eigenvalue weighted by atomic mass is 16.5. The van der Waals surface area contributed by atoms with Crippen molar-refractivity contribution in [3.8, 4) is 0 Å². The van der Waals surface area contributed by atoms with Gasteiger partial charge in [-0.2, -0.15) is 0 Å². The number of ether oxygens (including phenoxy) is 1. The first kappa shape index (κ1) is 20.2. The highest BCUT2D eigenvalue weighted by Gasteiger charge is 2.61. The monoisotopic (exact) mass is 386 g/mol. The molecular weight excluding hydrogens is 348 g/mol. The fraction of sp³-hybridized carbons (Fsp3) is 0.840. The van der Waals surface area contributed by atoms with Gasteiger partial charge in [-0.3, -0.25) is 9.59 Å². The molecule has 0 N–H and O–H groups in total. The van der Waals surface area contributed by atoms with E-state index >= 15 is 0 Å². The summed E-state index contributed by atoms with van der Waals surface area (Å²) < 4.78 is 5.56. The topological polar surface area (TPSA) is 43.4 Å². The van der Waals surface area contributed by atoms with Crippen molar-refractivity contribution >= 4 is 11.8 Å². The predicted molar refractivity (Wildman–Crippen MR) is 111 cm³/mol. The minimum absolute atomic E-state index is 0.0697. The van der Waals surface area contributed by atoms with Gasteiger partial charge in [-0.15, -0.1) is 0 Å². The summed E-state index contributed by atoms with van der Waals surface area (Å²) in [7, 11) is 0. The van der Waals surface area contributed by atoms with Crippen molar-refractivity contribution in [1.82, 2.24) is 0 Å². The van der Waals surface area contributed by atoms with Gasteiger partial charge in [0.1, 0.15) is 11.9 Å². The second-order valence-corrected chi connectivity index (χ2v) is 10.8. The molecule has 0 aromatic carbocycles. The van der Waals surface area contributed by atoms with E-state index in [9.17, 15) is 9.59 Å². The minimum Gasteiger partial charge on any atom is -0.462 e. The summed E-state index contributed by atoms with van der Waals surface area (Å²) in [6, 6.07) is 0. The van der Waals surface area contributed by atoms with Gasteiger partial charge < -0.3 is 4.74 Å². The van der Waals surface area contributed by atoms with E-state index in [-0.39, 0.29) is 28.8 Å². The van der Waals surface area contributed by atoms with E-state index < -0.39 is 0 Å². The number of allylic oxidation sites excluding steroid dienone is 1. The van der Waals surface area contributed by atoms with Crippen LogP contribution in [0.1, 0.15) is 86.0 Å². The quantitative estimate of drug-likeness (QED) is 0.460. The first-order valence-electron chi connectivity index (χ1n) is 11.6. The van der Waals surface area contributed by atoms with Crippen LogP contribution in [-0.4, -0.2) is 17.9 Å². The molecule has 4 rings (SSSR count). The fourth-order valence-corrected chi connectivity index (χ4v) is 8.34. The zero-order valence-electron chi connectivity index (χ0n) is 18.4. The standard InChI is InChI=1S/C25H38O3/c1-6-17-13-22-20-8-7-18-14-19(28-16(3)27)9-11-24(18,4)21(20)10-12-25(22,5)23(17)15(2)26/h7,17,19-23H,6,8-14H2,1-5H3/t17-,19+,20-,21+,22+,23+,24+,25+/m0/s1. The number of rotatable bonds is 3. The van der Waals surface area contributed by atoms with Gasteiger partial charge in [0.05, 0.1) is 0 Å². The smallest absolute Gasteiger partial charge is 0.302 e. The summed E-state index contributed by atoms with van der Waals surface area (Å²) in [4.78, 5) is 24.0. The van der Waals surface area contributed by atoms with Crippen molar-refractivity contribution in [1.29, 1.82) is 0 Å². The summed E-state index contributed by atoms with van der Waals surface area (Å²) in [6.45, 7) is 10.6. The molecule has 28 heavy (non-hydrogen) atoms. The van der Waals surface area contributed by atoms with Gasteiger partial charge in [0.15, 0.2) is 0 Å². The Kier molecular flexibility index (Phi) is 5.03. The van der Waals surface area contributed by atoms with E-state index in [0.29, 0.717) is 17.6 Å². The average Bonchev–Trinajstić information content (AvgIpc) is 2.94. The van der Waals surface area contributed by atoms with Crippen LogP contribution in [0.2, 0.25) is 0 Å². The Balaban J connectivity index is 1.61. The Morgan fingerprint density at radius 2 is 1.89 bits per heavy atom. The molecule has 8 atom stereocenters. The summed E-state index contributed by atoms with van der Waals surface area (Å²) in [6.07, 6.45) is 11.6. The molecular formula is C25H38O3. The van der Waals surface area contributed by atoms with Gasteiger partial charge in [0.25, 0.3) is 0 Å². The van der Waals surface area contributed by atoms with Gasteiger partial charge >= 0.3 is 5.97 Å². The molecule has 0 aliphatic heterocycles. The van der Waals surface area contributed by atoms with Crippen LogP contribution < -0.4 is 0 Å². The molecule has 3 saturated carbocycles. The molecule has 0 unspecified atom stereocenters. The van der Waals surface area contributed by atoms with E-state index in [1.807, 2.05) is 6.92 Å². The SMILES string of the molecule is CC[C@H]1C[C@@H]2[C@H]3CC=C4C[C@H](OC(C)=O)CC[C@@]4(C)[C@@H]3CC[C@@]2(C)[C@@H]1C(C)=O. The third kappa shape index (κ3) is 2.91. The maximum Gasteiger partial charge on any atom is 0.302 e. The number of hydrogen-bond donors (Lipinski definition) is 0. The Morgan fingerprint density at radius 1 is 1.14 bits per heavy atom. The van der Waals surface area contributed by atoms with Crippen molar-refractivity contribution in [2.24, 2.45) is 40.4 Å². The average molecular weight is 387 g/mol. The van der Waals surface area contributed by atoms with Crippen molar-refractivity contribution in [2.75, 3.05) is 0 Å². The van der Waals surface area contributed by atoms with Crippen LogP contribution in [0, 0.1) is 40.4 Å². The summed E-state index contributed by atoms with van der Waals surface area (Å²) >= 11 is 0. The summed E-state index contributed by atoms with van der Waals surface area (Å²) in [5.41, 5.74) is 2.00. The molecule has 3 fully saturated rings. The largest absolute Gasteiger partial charge is 0.462 e. The normalized spacial score (nSPS) is 47.4. The van der Waals surface area contributed by atoms with Gasteiger partial charge in [-0.05, 0) is 80.0 Å². The van der Waals surface area contributed by atoms with Gasteiger partial charge in [-0.25, -0.2) is 0 Å². The molecule has 0 aromatic rings. The number of hydrogen-bond acceptors (Lipinski definition) is 3. The third-order valence-electron chi connectivity index (χ3n) is 9.53. The molecule has 0 spiro atoms. The van der Waals surface area contributed by atoms with Crippen molar-refractivity contribution in [3.05, 3.63) is 11.6 Å². The van der Waals surface area contributed by atoms with Crippen molar-refractivity contribution < 1.29 is 14.3 Å². The first-order chi connectivity index (χ1) is 13.2. The Hall–Kier alpha value is -1.12. The number of esters is 1. The molecule has 0 heterocycles. The zero-order chi connectivity index (χ0) is 20.3. The van der Waals surface area contributed by atoms with E-state index in [4.69, 9.17) is 4.74 Å². The summed E-state index contributed by atoms with van der Waals surface area (Å²) in [5.74, 6) is 3.25. The Labute approximate surface area is 170 Å². The van der Waals surface area contributed by atoms with Crippen LogP contribution in [-0.2, 0) is 14.3 Å². The molecule has 0 saturated heterocycles. The number of fused-ring (bicyclic) bond motifs is 5. The summed E-state index contributed by atoms with van der Waals surface area (Å²) in [5, 5.41) is 0. The molecule has 3 heteroatoms. The lowest BCUT2D eigenvalue weighted by Gasteiger charge is -2.58. The molecule has 156 valence electrons. The molecule has 4 aliphatic rings. The lowest BCUT2D eigenvalue weighted by molar-refractivity contribution is -0.149. The lowest BCUT2D eigenvalue weighted by Crippen LogP contribution is -2.51. The Morgan fingerprint density at radius 3 is 2.54 bits per heavy atom. The molecule has 0 amide bonds. The Bertz CT molecular complexity index is 694. The van der Waals surface area contributed by atoms with Crippen LogP contribution in [0.15, 0.2) is 11.6 Å². The predicted octanol–water partition coefficient (Wildman–Crippen LogP) is 5.72. The number of carbonyl (C=O) groups excluding carboxylic acids is 2.